The van der Waals surface area contributed by atoms with Crippen LogP contribution in [0.15, 0.2) is 192 Å². The van der Waals surface area contributed by atoms with E-state index in [9.17, 15) is 0 Å². The van der Waals surface area contributed by atoms with E-state index in [2.05, 4.69) is 193 Å². The van der Waals surface area contributed by atoms with Crippen molar-refractivity contribution in [3.05, 3.63) is 204 Å². The molecule has 322 valence electrons. The minimum Gasteiger partial charge on any atom is -0.459 e. The predicted octanol–water partition coefficient (Wildman–Crippen LogP) is 17.8. The molecular formula is C62H52N2O2. The summed E-state index contributed by atoms with van der Waals surface area (Å²) in [5, 5.41) is 9.61. The third-order valence-corrected chi connectivity index (χ3v) is 15.1. The number of anilines is 5. The molecule has 3 aliphatic rings. The van der Waals surface area contributed by atoms with E-state index in [1.807, 2.05) is 0 Å². The largest absolute Gasteiger partial charge is 0.459 e. The second kappa shape index (κ2) is 16.0. The van der Waals surface area contributed by atoms with Gasteiger partial charge in [-0.15, -0.1) is 0 Å². The Morgan fingerprint density at radius 3 is 1.79 bits per heavy atom. The monoisotopic (exact) mass is 856 g/mol. The van der Waals surface area contributed by atoms with E-state index in [1.54, 1.807) is 0 Å². The van der Waals surface area contributed by atoms with Crippen molar-refractivity contribution in [2.24, 2.45) is 0 Å². The van der Waals surface area contributed by atoms with Gasteiger partial charge in [0.25, 0.3) is 0 Å². The Bertz CT molecular complexity index is 3480. The first kappa shape index (κ1) is 39.1. The summed E-state index contributed by atoms with van der Waals surface area (Å²) in [5.41, 5.74) is 12.5. The number of hydrogen-bond donors (Lipinski definition) is 0. The topological polar surface area (TPSA) is 28.9 Å². The van der Waals surface area contributed by atoms with Gasteiger partial charge in [-0.1, -0.05) is 141 Å². The van der Waals surface area contributed by atoms with Crippen molar-refractivity contribution >= 4 is 82.7 Å². The molecule has 4 heteroatoms. The van der Waals surface area contributed by atoms with Crippen molar-refractivity contribution in [1.29, 1.82) is 0 Å². The summed E-state index contributed by atoms with van der Waals surface area (Å²) >= 11 is 0. The van der Waals surface area contributed by atoms with Crippen LogP contribution in [-0.4, -0.2) is 0 Å². The molecule has 2 fully saturated rings. The Labute approximate surface area is 386 Å². The number of para-hydroxylation sites is 3. The van der Waals surface area contributed by atoms with Crippen LogP contribution < -0.4 is 14.5 Å². The van der Waals surface area contributed by atoms with Gasteiger partial charge >= 0.3 is 0 Å². The highest BCUT2D eigenvalue weighted by Crippen LogP contribution is 2.50. The summed E-state index contributed by atoms with van der Waals surface area (Å²) in [6.07, 6.45) is 15.5. The molecule has 0 bridgehead atoms. The smallest absolute Gasteiger partial charge is 0.159 e. The molecule has 0 radical (unpaired) electrons. The van der Waals surface area contributed by atoms with Gasteiger partial charge in [-0.2, -0.15) is 0 Å². The maximum Gasteiger partial charge on any atom is 0.159 e. The fourth-order valence-corrected chi connectivity index (χ4v) is 11.9. The van der Waals surface area contributed by atoms with Crippen molar-refractivity contribution in [1.82, 2.24) is 0 Å². The van der Waals surface area contributed by atoms with Gasteiger partial charge in [0, 0.05) is 44.9 Å². The molecule has 0 amide bonds. The maximum atomic E-state index is 6.80. The van der Waals surface area contributed by atoms with Gasteiger partial charge in [-0.25, -0.2) is 0 Å². The average Bonchev–Trinajstić information content (AvgIpc) is 4.22. The predicted molar refractivity (Wildman–Crippen MR) is 276 cm³/mol. The van der Waals surface area contributed by atoms with Gasteiger partial charge in [0.2, 0.25) is 0 Å². The Morgan fingerprint density at radius 1 is 0.515 bits per heavy atom. The number of benzene rings is 9. The number of furan rings is 1. The molecule has 0 unspecified atom stereocenters. The third-order valence-electron chi connectivity index (χ3n) is 15.1. The summed E-state index contributed by atoms with van der Waals surface area (Å²) in [5.74, 6) is 3.17. The molecule has 2 heterocycles. The summed E-state index contributed by atoms with van der Waals surface area (Å²) in [7, 11) is 0. The summed E-state index contributed by atoms with van der Waals surface area (Å²) in [6, 6.07) is 60.9. The van der Waals surface area contributed by atoms with Gasteiger partial charge < -0.3 is 19.0 Å². The lowest BCUT2D eigenvalue weighted by Gasteiger charge is -2.30. The summed E-state index contributed by atoms with van der Waals surface area (Å²) in [6.45, 7) is 2.11. The minimum atomic E-state index is 0.638. The third kappa shape index (κ3) is 6.41. The van der Waals surface area contributed by atoms with E-state index >= 15 is 0 Å². The Hall–Kier alpha value is -7.30. The van der Waals surface area contributed by atoms with Crippen molar-refractivity contribution < 1.29 is 9.15 Å². The number of hydrogen-bond acceptors (Lipinski definition) is 4. The number of ether oxygens (including phenoxy) is 1. The zero-order valence-corrected chi connectivity index (χ0v) is 37.5. The number of rotatable bonds is 9. The van der Waals surface area contributed by atoms with Crippen LogP contribution in [0.3, 0.4) is 0 Å². The highest BCUT2D eigenvalue weighted by molar-refractivity contribution is 6.28. The highest BCUT2D eigenvalue weighted by atomic mass is 16.5. The molecule has 2 aliphatic carbocycles. The van der Waals surface area contributed by atoms with Crippen molar-refractivity contribution in [2.75, 3.05) is 9.80 Å². The molecule has 0 saturated heterocycles. The van der Waals surface area contributed by atoms with Gasteiger partial charge in [0.05, 0.1) is 22.8 Å². The highest BCUT2D eigenvalue weighted by Gasteiger charge is 2.29. The number of allylic oxidation sites excluding steroid dienone is 3. The van der Waals surface area contributed by atoms with Crippen LogP contribution >= 0.6 is 0 Å². The van der Waals surface area contributed by atoms with E-state index in [4.69, 9.17) is 9.15 Å². The lowest BCUT2D eigenvalue weighted by atomic mass is 9.91. The van der Waals surface area contributed by atoms with Gasteiger partial charge in [0.15, 0.2) is 5.58 Å². The van der Waals surface area contributed by atoms with Gasteiger partial charge in [0.1, 0.15) is 17.1 Å². The normalized spacial score (nSPS) is 16.4. The Morgan fingerprint density at radius 2 is 1.11 bits per heavy atom. The first-order valence-electron chi connectivity index (χ1n) is 24.2. The van der Waals surface area contributed by atoms with Crippen molar-refractivity contribution in [3.8, 4) is 5.75 Å². The van der Waals surface area contributed by atoms with E-state index in [-0.39, 0.29) is 0 Å². The van der Waals surface area contributed by atoms with Crippen LogP contribution in [0.1, 0.15) is 86.8 Å². The molecule has 66 heavy (non-hydrogen) atoms. The quantitative estimate of drug-likeness (QED) is 0.135. The minimum absolute atomic E-state index is 0.638. The molecule has 1 aliphatic heterocycles. The van der Waals surface area contributed by atoms with Gasteiger partial charge in [-0.05, 0) is 138 Å². The molecule has 0 N–H and O–H groups in total. The SMILES string of the molecule is C/C=C\C(=C1/Cc2ccccc2O1)N(c1ccc(C2CCCC2)cc1)c1ccc2ccc3c(N(c4ccc(C5CCCC5)cc4)c4cccc5c4oc4ccccc45)ccc4ccc1c2c43. The zero-order chi connectivity index (χ0) is 43.7. The van der Waals surface area contributed by atoms with E-state index in [0.717, 1.165) is 74.0 Å². The second-order valence-electron chi connectivity index (χ2n) is 18.9. The second-order valence-corrected chi connectivity index (χ2v) is 18.9. The Balaban J connectivity index is 1.03. The fourth-order valence-electron chi connectivity index (χ4n) is 11.9. The molecule has 9 aromatic carbocycles. The van der Waals surface area contributed by atoms with Gasteiger partial charge in [-0.3, -0.25) is 0 Å². The van der Waals surface area contributed by atoms with E-state index in [0.29, 0.717) is 11.8 Å². The molecule has 13 rings (SSSR count). The molecular weight excluding hydrogens is 805 g/mol. The first-order chi connectivity index (χ1) is 32.7. The molecule has 0 spiro atoms. The van der Waals surface area contributed by atoms with Crippen LogP contribution in [0.2, 0.25) is 0 Å². The lowest BCUT2D eigenvalue weighted by Crippen LogP contribution is -2.19. The van der Waals surface area contributed by atoms with Crippen LogP contribution in [0.4, 0.5) is 28.4 Å². The molecule has 10 aromatic rings. The summed E-state index contributed by atoms with van der Waals surface area (Å²) < 4.78 is 13.6. The lowest BCUT2D eigenvalue weighted by molar-refractivity contribution is 0.440. The molecule has 1 aromatic heterocycles. The summed E-state index contributed by atoms with van der Waals surface area (Å²) in [4.78, 5) is 4.89. The maximum absolute atomic E-state index is 6.80. The molecule has 2 saturated carbocycles. The van der Waals surface area contributed by atoms with E-state index in [1.165, 1.54) is 100 Å². The molecule has 4 nitrogen and oxygen atoms in total. The van der Waals surface area contributed by atoms with Crippen LogP contribution in [0, 0.1) is 0 Å². The van der Waals surface area contributed by atoms with Crippen LogP contribution in [0.5, 0.6) is 5.75 Å². The van der Waals surface area contributed by atoms with Crippen molar-refractivity contribution in [3.63, 3.8) is 0 Å². The molecule has 0 atom stereocenters. The van der Waals surface area contributed by atoms with E-state index < -0.39 is 0 Å². The fraction of sp³-hybridized carbons (Fsp3) is 0.194. The standard InChI is InChI=1S/C62H52N2O2/c1-2-12-55(59-39-46-17-7-9-21-57(46)65-59)63(47-31-23-42(24-32-47)40-13-3-4-14-40)53-37-29-44-28-36-52-54(38-30-45-27-35-51(53)60(44)61(45)52)64(48-33-25-43(26-34-48)41-15-5-6-16-41)56-20-11-19-50-49-18-8-10-22-58(49)66-62(50)56/h2,7-12,17-38,40-41H,3-6,13-16,39H2,1H3/b12-2-,59-55-. The first-order valence-corrected chi connectivity index (χ1v) is 24.2. The van der Waals surface area contributed by atoms with Crippen LogP contribution in [-0.2, 0) is 6.42 Å². The van der Waals surface area contributed by atoms with Crippen molar-refractivity contribution in [2.45, 2.75) is 76.5 Å². The zero-order valence-electron chi connectivity index (χ0n) is 37.5. The Kier molecular flexibility index (Phi) is 9.47. The van der Waals surface area contributed by atoms with Crippen LogP contribution in [0.25, 0.3) is 54.3 Å². The number of fused-ring (bicyclic) bond motifs is 4. The number of nitrogens with zero attached hydrogens (tertiary/aromatic N) is 2. The average molecular weight is 857 g/mol.